The third-order valence-corrected chi connectivity index (χ3v) is 8.60. The summed E-state index contributed by atoms with van der Waals surface area (Å²) in [5.41, 5.74) is 0.947. The molecule has 1 fully saturated rings. The summed E-state index contributed by atoms with van der Waals surface area (Å²) in [5, 5.41) is 21.5. The van der Waals surface area contributed by atoms with Crippen LogP contribution in [0.25, 0.3) is 0 Å². The molecule has 2 N–H and O–H groups in total. The summed E-state index contributed by atoms with van der Waals surface area (Å²) < 4.78 is 36.4. The fourth-order valence-corrected chi connectivity index (χ4v) is 6.10. The zero-order valence-electron chi connectivity index (χ0n) is 23.3. The van der Waals surface area contributed by atoms with Gasteiger partial charge >= 0.3 is 5.97 Å². The number of carbonyl (C=O) groups excluding carboxylic acids is 1. The van der Waals surface area contributed by atoms with Crippen LogP contribution < -0.4 is 0 Å². The SMILES string of the molecule is CCCC[C@H](C)C[C@@H](O)C=C[C@@H]1[C@@H](CC=CCCCC(=O)OC)[C@H](OS(=O)(=O)c2ccc(C)cc2)C[C@H]1O. The lowest BCUT2D eigenvalue weighted by molar-refractivity contribution is -0.140. The number of rotatable bonds is 16. The number of carbonyl (C=O) groups is 1. The minimum atomic E-state index is -4.01. The van der Waals surface area contributed by atoms with Gasteiger partial charge in [0.2, 0.25) is 0 Å². The van der Waals surface area contributed by atoms with Gasteiger partial charge in [0.25, 0.3) is 10.1 Å². The van der Waals surface area contributed by atoms with Gasteiger partial charge in [-0.05, 0) is 56.6 Å². The molecular weight excluding hydrogens is 504 g/mol. The van der Waals surface area contributed by atoms with Crippen molar-refractivity contribution in [3.63, 3.8) is 0 Å². The number of esters is 1. The number of ether oxygens (including phenoxy) is 1. The third kappa shape index (κ3) is 10.6. The molecule has 0 spiro atoms. The lowest BCUT2D eigenvalue weighted by atomic mass is 9.89. The van der Waals surface area contributed by atoms with Crippen LogP contribution in [0.4, 0.5) is 0 Å². The number of allylic oxidation sites excluding steroid dienone is 2. The van der Waals surface area contributed by atoms with Crippen molar-refractivity contribution >= 4 is 16.1 Å². The minimum Gasteiger partial charge on any atom is -0.469 e. The monoisotopic (exact) mass is 550 g/mol. The Bertz CT molecular complexity index is 1000. The van der Waals surface area contributed by atoms with E-state index in [4.69, 9.17) is 4.18 Å². The smallest absolute Gasteiger partial charge is 0.305 e. The Morgan fingerprint density at radius 1 is 1.18 bits per heavy atom. The molecule has 6 atom stereocenters. The third-order valence-electron chi connectivity index (χ3n) is 7.25. The molecule has 0 aliphatic heterocycles. The van der Waals surface area contributed by atoms with Gasteiger partial charge in [-0.1, -0.05) is 75.1 Å². The van der Waals surface area contributed by atoms with Gasteiger partial charge in [-0.3, -0.25) is 8.98 Å². The number of aryl methyl sites for hydroxylation is 1. The highest BCUT2D eigenvalue weighted by molar-refractivity contribution is 7.86. The van der Waals surface area contributed by atoms with Crippen LogP contribution in [-0.4, -0.2) is 50.0 Å². The average molecular weight is 551 g/mol. The van der Waals surface area contributed by atoms with Crippen molar-refractivity contribution in [2.45, 2.75) is 102 Å². The number of unbranched alkanes of at least 4 members (excludes halogenated alkanes) is 2. The molecule has 0 amide bonds. The maximum absolute atomic E-state index is 13.0. The fourth-order valence-electron chi connectivity index (χ4n) is 4.97. The predicted molar refractivity (Wildman–Crippen MR) is 149 cm³/mol. The molecule has 7 nitrogen and oxygen atoms in total. The molecule has 38 heavy (non-hydrogen) atoms. The summed E-state index contributed by atoms with van der Waals surface area (Å²) in [5.74, 6) is -0.501. The summed E-state index contributed by atoms with van der Waals surface area (Å²) >= 11 is 0. The van der Waals surface area contributed by atoms with Crippen molar-refractivity contribution in [3.8, 4) is 0 Å². The molecule has 1 aromatic rings. The van der Waals surface area contributed by atoms with Crippen LogP contribution in [0, 0.1) is 24.7 Å². The molecule has 0 unspecified atom stereocenters. The van der Waals surface area contributed by atoms with Gasteiger partial charge in [-0.25, -0.2) is 0 Å². The quantitative estimate of drug-likeness (QED) is 0.121. The van der Waals surface area contributed by atoms with Crippen LogP contribution in [-0.2, 0) is 23.8 Å². The predicted octanol–water partition coefficient (Wildman–Crippen LogP) is 5.49. The standard InChI is InChI=1S/C30H46O7S/c1-5-6-11-23(3)20-24(31)16-19-26-27(12-9-7-8-10-13-30(33)36-4)29(21-28(26)32)37-38(34,35)25-17-14-22(2)15-18-25/h7,9,14-19,23-24,26-29,31-32H,5-6,8,10-13,20-21H2,1-4H3/t23-,24-,26+,27+,28+,29+/m0/s1. The topological polar surface area (TPSA) is 110 Å². The normalized spacial score (nSPS) is 23.7. The maximum atomic E-state index is 13.0. The molecule has 0 radical (unpaired) electrons. The van der Waals surface area contributed by atoms with E-state index in [0.29, 0.717) is 38.0 Å². The van der Waals surface area contributed by atoms with Gasteiger partial charge in [0.15, 0.2) is 0 Å². The molecule has 1 aromatic carbocycles. The van der Waals surface area contributed by atoms with Crippen LogP contribution in [0.15, 0.2) is 53.5 Å². The average Bonchev–Trinajstić information content (AvgIpc) is 3.16. The zero-order chi connectivity index (χ0) is 28.1. The van der Waals surface area contributed by atoms with Gasteiger partial charge in [0.05, 0.1) is 30.3 Å². The second-order valence-electron chi connectivity index (χ2n) is 10.6. The maximum Gasteiger partial charge on any atom is 0.305 e. The van der Waals surface area contributed by atoms with Crippen molar-refractivity contribution in [3.05, 3.63) is 54.1 Å². The van der Waals surface area contributed by atoms with Gasteiger partial charge in [-0.2, -0.15) is 8.42 Å². The first-order chi connectivity index (χ1) is 18.1. The summed E-state index contributed by atoms with van der Waals surface area (Å²) in [4.78, 5) is 11.4. The highest BCUT2D eigenvalue weighted by Gasteiger charge is 2.43. The molecule has 0 heterocycles. The van der Waals surface area contributed by atoms with E-state index in [9.17, 15) is 23.4 Å². The largest absolute Gasteiger partial charge is 0.469 e. The molecule has 8 heteroatoms. The van der Waals surface area contributed by atoms with Crippen LogP contribution in [0.2, 0.25) is 0 Å². The molecule has 1 aliphatic rings. The lowest BCUT2D eigenvalue weighted by Gasteiger charge is -2.23. The molecule has 214 valence electrons. The van der Waals surface area contributed by atoms with Crippen LogP contribution in [0.3, 0.4) is 0 Å². The van der Waals surface area contributed by atoms with Gasteiger partial charge in [0, 0.05) is 18.8 Å². The summed E-state index contributed by atoms with van der Waals surface area (Å²) in [7, 11) is -2.64. The number of hydrogen-bond acceptors (Lipinski definition) is 7. The first-order valence-electron chi connectivity index (χ1n) is 13.8. The van der Waals surface area contributed by atoms with Crippen molar-refractivity contribution in [2.24, 2.45) is 17.8 Å². The van der Waals surface area contributed by atoms with Gasteiger partial charge < -0.3 is 14.9 Å². The zero-order valence-corrected chi connectivity index (χ0v) is 24.1. The highest BCUT2D eigenvalue weighted by Crippen LogP contribution is 2.40. The van der Waals surface area contributed by atoms with Crippen LogP contribution in [0.1, 0.15) is 77.2 Å². The second kappa shape index (κ2) is 16.2. The van der Waals surface area contributed by atoms with E-state index in [2.05, 4.69) is 18.6 Å². The Hall–Kier alpha value is -2.00. The molecule has 0 aromatic heterocycles. The summed E-state index contributed by atoms with van der Waals surface area (Å²) in [6, 6.07) is 6.50. The van der Waals surface area contributed by atoms with Crippen molar-refractivity contribution in [1.29, 1.82) is 0 Å². The first kappa shape index (κ1) is 32.2. The van der Waals surface area contributed by atoms with Crippen LogP contribution >= 0.6 is 0 Å². The molecule has 1 aliphatic carbocycles. The Kier molecular flexibility index (Phi) is 13.7. The Morgan fingerprint density at radius 2 is 1.89 bits per heavy atom. The van der Waals surface area contributed by atoms with E-state index in [-0.39, 0.29) is 29.1 Å². The molecule has 2 rings (SSSR count). The van der Waals surface area contributed by atoms with E-state index in [0.717, 1.165) is 24.8 Å². The fraction of sp³-hybridized carbons (Fsp3) is 0.633. The van der Waals surface area contributed by atoms with E-state index in [1.165, 1.54) is 19.2 Å². The van der Waals surface area contributed by atoms with Gasteiger partial charge in [0.1, 0.15) is 0 Å². The molecule has 0 saturated heterocycles. The number of aliphatic hydroxyl groups excluding tert-OH is 2. The number of aliphatic hydroxyl groups is 2. The Morgan fingerprint density at radius 3 is 2.55 bits per heavy atom. The van der Waals surface area contributed by atoms with E-state index >= 15 is 0 Å². The molecule has 1 saturated carbocycles. The first-order valence-corrected chi connectivity index (χ1v) is 15.2. The second-order valence-corrected chi connectivity index (χ2v) is 12.1. The number of hydrogen-bond donors (Lipinski definition) is 2. The Labute approximate surface area is 229 Å². The van der Waals surface area contributed by atoms with Crippen molar-refractivity contribution < 1.29 is 32.3 Å². The molecular formula is C30H46O7S. The lowest BCUT2D eigenvalue weighted by Crippen LogP contribution is -2.25. The van der Waals surface area contributed by atoms with Crippen molar-refractivity contribution in [2.75, 3.05) is 7.11 Å². The number of methoxy groups -OCH3 is 1. The number of benzene rings is 1. The summed E-state index contributed by atoms with van der Waals surface area (Å²) in [6.07, 6.45) is 11.7. The van der Waals surface area contributed by atoms with Crippen molar-refractivity contribution in [1.82, 2.24) is 0 Å². The molecule has 0 bridgehead atoms. The van der Waals surface area contributed by atoms with E-state index in [1.807, 2.05) is 25.2 Å². The van der Waals surface area contributed by atoms with E-state index in [1.54, 1.807) is 18.2 Å². The summed E-state index contributed by atoms with van der Waals surface area (Å²) in [6.45, 7) is 6.16. The minimum absolute atomic E-state index is 0.0881. The van der Waals surface area contributed by atoms with E-state index < -0.39 is 28.4 Å². The highest BCUT2D eigenvalue weighted by atomic mass is 32.2. The van der Waals surface area contributed by atoms with Gasteiger partial charge in [-0.15, -0.1) is 0 Å². The Balaban J connectivity index is 2.14. The van der Waals surface area contributed by atoms with Crippen LogP contribution in [0.5, 0.6) is 0 Å².